The third kappa shape index (κ3) is 1.82. The number of rotatable bonds is 2. The highest BCUT2D eigenvalue weighted by Crippen LogP contribution is 2.60. The zero-order valence-corrected chi connectivity index (χ0v) is 12.7. The van der Waals surface area contributed by atoms with E-state index in [0.29, 0.717) is 5.89 Å². The molecule has 2 N–H and O–H groups in total. The third-order valence-electron chi connectivity index (χ3n) is 6.05. The normalized spacial score (nSPS) is 35.9. The summed E-state index contributed by atoms with van der Waals surface area (Å²) < 4.78 is 6.13. The lowest BCUT2D eigenvalue weighted by atomic mass is 9.49. The van der Waals surface area contributed by atoms with Gasteiger partial charge in [-0.3, -0.25) is 0 Å². The van der Waals surface area contributed by atoms with Crippen LogP contribution in [-0.2, 0) is 5.41 Å². The van der Waals surface area contributed by atoms with Crippen LogP contribution >= 0.6 is 0 Å². The summed E-state index contributed by atoms with van der Waals surface area (Å²) >= 11 is 0. The first-order valence-corrected chi connectivity index (χ1v) is 8.40. The molecule has 0 radical (unpaired) electrons. The first kappa shape index (κ1) is 12.7. The van der Waals surface area contributed by atoms with Crippen LogP contribution in [0.4, 0.5) is 5.69 Å². The molecule has 0 saturated heterocycles. The van der Waals surface area contributed by atoms with Crippen molar-refractivity contribution in [1.29, 1.82) is 0 Å². The van der Waals surface area contributed by atoms with Gasteiger partial charge in [-0.05, 0) is 74.5 Å². The second kappa shape index (κ2) is 4.34. The van der Waals surface area contributed by atoms with Crippen LogP contribution in [0.2, 0.25) is 0 Å². The minimum atomic E-state index is 0.167. The SMILES string of the molecule is Nc1cccc(-c2nnc(C34CC5CC(CC(C5)C3)C4)o2)c1. The number of nitrogens with zero attached hydrogens (tertiary/aromatic N) is 2. The highest BCUT2D eigenvalue weighted by molar-refractivity contribution is 5.59. The van der Waals surface area contributed by atoms with Gasteiger partial charge in [0.2, 0.25) is 11.8 Å². The van der Waals surface area contributed by atoms with E-state index in [1.54, 1.807) is 0 Å². The molecule has 1 aromatic carbocycles. The van der Waals surface area contributed by atoms with Crippen molar-refractivity contribution in [2.75, 3.05) is 5.73 Å². The van der Waals surface area contributed by atoms with E-state index in [0.717, 1.165) is 34.9 Å². The van der Waals surface area contributed by atoms with Crippen molar-refractivity contribution in [2.24, 2.45) is 17.8 Å². The zero-order chi connectivity index (χ0) is 14.7. The Morgan fingerprint density at radius 3 is 2.32 bits per heavy atom. The molecule has 114 valence electrons. The number of hydrogen-bond acceptors (Lipinski definition) is 4. The summed E-state index contributed by atoms with van der Waals surface area (Å²) in [6.45, 7) is 0. The van der Waals surface area contributed by atoms with Crippen molar-refractivity contribution in [2.45, 2.75) is 43.9 Å². The van der Waals surface area contributed by atoms with Crippen molar-refractivity contribution in [1.82, 2.24) is 10.2 Å². The highest BCUT2D eigenvalue weighted by atomic mass is 16.4. The molecule has 22 heavy (non-hydrogen) atoms. The molecule has 0 spiro atoms. The van der Waals surface area contributed by atoms with Crippen LogP contribution in [0.25, 0.3) is 11.5 Å². The number of aromatic nitrogens is 2. The molecule has 4 nitrogen and oxygen atoms in total. The second-order valence-corrected chi connectivity index (χ2v) is 7.74. The predicted octanol–water partition coefficient (Wildman–Crippen LogP) is 3.79. The maximum atomic E-state index is 6.13. The van der Waals surface area contributed by atoms with E-state index in [2.05, 4.69) is 10.2 Å². The zero-order valence-electron chi connectivity index (χ0n) is 12.7. The standard InChI is InChI=1S/C18H21N3O/c19-15-3-1-2-14(7-15)16-20-21-17(22-16)18-8-11-4-12(9-18)6-13(5-11)10-18/h1-3,7,11-13H,4-6,8-10,19H2. The summed E-state index contributed by atoms with van der Waals surface area (Å²) in [5.41, 5.74) is 7.67. The summed E-state index contributed by atoms with van der Waals surface area (Å²) in [4.78, 5) is 0. The van der Waals surface area contributed by atoms with Gasteiger partial charge in [-0.25, -0.2) is 0 Å². The first-order chi connectivity index (χ1) is 10.7. The van der Waals surface area contributed by atoms with Gasteiger partial charge in [0.15, 0.2) is 0 Å². The average molecular weight is 295 g/mol. The molecule has 4 aliphatic rings. The summed E-state index contributed by atoms with van der Waals surface area (Å²) in [6, 6.07) is 7.68. The highest BCUT2D eigenvalue weighted by Gasteiger charge is 2.54. The maximum absolute atomic E-state index is 6.13. The van der Waals surface area contributed by atoms with Crippen LogP contribution in [-0.4, -0.2) is 10.2 Å². The maximum Gasteiger partial charge on any atom is 0.247 e. The van der Waals surface area contributed by atoms with Crippen LogP contribution in [0.3, 0.4) is 0 Å². The van der Waals surface area contributed by atoms with E-state index < -0.39 is 0 Å². The van der Waals surface area contributed by atoms with Crippen molar-refractivity contribution in [3.8, 4) is 11.5 Å². The monoisotopic (exact) mass is 295 g/mol. The molecule has 0 amide bonds. The largest absolute Gasteiger partial charge is 0.420 e. The molecular formula is C18H21N3O. The summed E-state index contributed by atoms with van der Waals surface area (Å²) in [6.07, 6.45) is 8.02. The lowest BCUT2D eigenvalue weighted by molar-refractivity contribution is -0.0176. The van der Waals surface area contributed by atoms with E-state index in [1.165, 1.54) is 38.5 Å². The Morgan fingerprint density at radius 2 is 1.68 bits per heavy atom. The van der Waals surface area contributed by atoms with E-state index in [9.17, 15) is 0 Å². The van der Waals surface area contributed by atoms with Crippen molar-refractivity contribution >= 4 is 5.69 Å². The van der Waals surface area contributed by atoms with Gasteiger partial charge in [0.05, 0.1) is 0 Å². The van der Waals surface area contributed by atoms with Crippen LogP contribution in [0.5, 0.6) is 0 Å². The van der Waals surface area contributed by atoms with E-state index >= 15 is 0 Å². The second-order valence-electron chi connectivity index (χ2n) is 7.74. The molecule has 2 aromatic rings. The quantitative estimate of drug-likeness (QED) is 0.856. The van der Waals surface area contributed by atoms with Gasteiger partial charge in [0.25, 0.3) is 0 Å². The molecule has 1 heterocycles. The van der Waals surface area contributed by atoms with Crippen LogP contribution < -0.4 is 5.73 Å². The topological polar surface area (TPSA) is 64.9 Å². The fourth-order valence-corrected chi connectivity index (χ4v) is 5.60. The molecule has 4 aliphatic carbocycles. The number of anilines is 1. The molecule has 1 aromatic heterocycles. The number of nitrogens with two attached hydrogens (primary N) is 1. The van der Waals surface area contributed by atoms with Gasteiger partial charge < -0.3 is 10.2 Å². The Bertz CT molecular complexity index is 685. The average Bonchev–Trinajstić information content (AvgIpc) is 2.96. The van der Waals surface area contributed by atoms with Crippen molar-refractivity contribution < 1.29 is 4.42 Å². The molecule has 4 fully saturated rings. The molecule has 0 unspecified atom stereocenters. The van der Waals surface area contributed by atoms with Gasteiger partial charge in [-0.15, -0.1) is 10.2 Å². The molecular weight excluding hydrogens is 274 g/mol. The van der Waals surface area contributed by atoms with Gasteiger partial charge >= 0.3 is 0 Å². The molecule has 4 heteroatoms. The Hall–Kier alpha value is -1.84. The van der Waals surface area contributed by atoms with Gasteiger partial charge in [0.1, 0.15) is 0 Å². The molecule has 0 aliphatic heterocycles. The Labute approximate surface area is 130 Å². The van der Waals surface area contributed by atoms with Crippen LogP contribution in [0.1, 0.15) is 44.4 Å². The minimum absolute atomic E-state index is 0.167. The fraction of sp³-hybridized carbons (Fsp3) is 0.556. The Morgan fingerprint density at radius 1 is 1.00 bits per heavy atom. The lowest BCUT2D eigenvalue weighted by Crippen LogP contribution is -2.48. The number of nitrogen functional groups attached to an aromatic ring is 1. The Balaban J connectivity index is 1.52. The van der Waals surface area contributed by atoms with Crippen molar-refractivity contribution in [3.05, 3.63) is 30.2 Å². The van der Waals surface area contributed by atoms with E-state index in [4.69, 9.17) is 10.2 Å². The third-order valence-corrected chi connectivity index (χ3v) is 6.05. The fourth-order valence-electron chi connectivity index (χ4n) is 5.60. The smallest absolute Gasteiger partial charge is 0.247 e. The Kier molecular flexibility index (Phi) is 2.50. The lowest BCUT2D eigenvalue weighted by Gasteiger charge is -2.55. The minimum Gasteiger partial charge on any atom is -0.420 e. The molecule has 6 rings (SSSR count). The summed E-state index contributed by atoms with van der Waals surface area (Å²) in [7, 11) is 0. The number of hydrogen-bond donors (Lipinski definition) is 1. The van der Waals surface area contributed by atoms with Crippen LogP contribution in [0.15, 0.2) is 28.7 Å². The molecule has 4 saturated carbocycles. The first-order valence-electron chi connectivity index (χ1n) is 8.40. The van der Waals surface area contributed by atoms with Gasteiger partial charge in [-0.2, -0.15) is 0 Å². The van der Waals surface area contributed by atoms with Gasteiger partial charge in [0, 0.05) is 16.7 Å². The van der Waals surface area contributed by atoms with Gasteiger partial charge in [-0.1, -0.05) is 6.07 Å². The van der Waals surface area contributed by atoms with E-state index in [-0.39, 0.29) is 5.41 Å². The molecule has 4 bridgehead atoms. The summed E-state index contributed by atoms with van der Waals surface area (Å²) in [5, 5.41) is 8.77. The number of benzene rings is 1. The van der Waals surface area contributed by atoms with E-state index in [1.807, 2.05) is 24.3 Å². The van der Waals surface area contributed by atoms with Crippen LogP contribution in [0, 0.1) is 17.8 Å². The predicted molar refractivity (Wildman–Crippen MR) is 84.0 cm³/mol. The summed E-state index contributed by atoms with van der Waals surface area (Å²) in [5.74, 6) is 4.14. The van der Waals surface area contributed by atoms with Crippen molar-refractivity contribution in [3.63, 3.8) is 0 Å². The molecule has 0 atom stereocenters.